The zero-order valence-corrected chi connectivity index (χ0v) is 35.1. The van der Waals surface area contributed by atoms with Crippen molar-refractivity contribution in [1.29, 1.82) is 0 Å². The van der Waals surface area contributed by atoms with E-state index in [1.54, 1.807) is 6.07 Å². The van der Waals surface area contributed by atoms with Gasteiger partial charge >= 0.3 is 0 Å². The molecule has 0 radical (unpaired) electrons. The second-order valence-corrected chi connectivity index (χ2v) is 15.7. The molecule has 0 aliphatic rings. The van der Waals surface area contributed by atoms with Crippen molar-refractivity contribution in [2.75, 3.05) is 0 Å². The summed E-state index contributed by atoms with van der Waals surface area (Å²) in [6, 6.07) is 41.6. The molecule has 0 fully saturated rings. The maximum Gasteiger partial charge on any atom is 0.124 e. The van der Waals surface area contributed by atoms with E-state index in [1.807, 2.05) is 36.4 Å². The number of benzene rings is 5. The molecule has 0 aliphatic heterocycles. The van der Waals surface area contributed by atoms with Gasteiger partial charge in [0.15, 0.2) is 0 Å². The van der Waals surface area contributed by atoms with Crippen molar-refractivity contribution in [2.45, 2.75) is 86.0 Å². The topological polar surface area (TPSA) is 50.9 Å². The van der Waals surface area contributed by atoms with E-state index < -0.39 is 0 Å². The second kappa shape index (κ2) is 15.9. The summed E-state index contributed by atoms with van der Waals surface area (Å²) in [7, 11) is 0. The molecule has 0 bridgehead atoms. The summed E-state index contributed by atoms with van der Waals surface area (Å²) in [5, 5.41) is 11.0. The standard InChI is InChI=1S/C49H50N3O.Pt/c1-29(2)35-23-36(30(3)4)26-39(25-35)46-33(9)22-43(41-18-13-14-21-45(41)53)50-48(46)42-19-15-20-44-47(42)51-49(34-16-11-10-12-17-34)52(44)40-27-37(31(5)6)24-38(28-40)32(7)8;/h10-16,18-32,53H,1-9H3;/q-1;. The van der Waals surface area contributed by atoms with Gasteiger partial charge in [0.05, 0.1) is 28.2 Å². The van der Waals surface area contributed by atoms with Crippen LogP contribution in [0.5, 0.6) is 5.75 Å². The Hall–Kier alpha value is -4.79. The third-order valence-corrected chi connectivity index (χ3v) is 10.4. The van der Waals surface area contributed by atoms with Crippen molar-refractivity contribution in [3.05, 3.63) is 143 Å². The van der Waals surface area contributed by atoms with Gasteiger partial charge < -0.3 is 9.67 Å². The van der Waals surface area contributed by atoms with Crippen LogP contribution in [0, 0.1) is 13.0 Å². The summed E-state index contributed by atoms with van der Waals surface area (Å²) in [6.45, 7) is 20.2. The maximum absolute atomic E-state index is 11.0. The third-order valence-electron chi connectivity index (χ3n) is 10.4. The van der Waals surface area contributed by atoms with Crippen molar-refractivity contribution in [2.24, 2.45) is 0 Å². The van der Waals surface area contributed by atoms with E-state index in [9.17, 15) is 5.11 Å². The van der Waals surface area contributed by atoms with Crippen molar-refractivity contribution < 1.29 is 26.2 Å². The van der Waals surface area contributed by atoms with E-state index >= 15 is 0 Å². The Balaban J connectivity index is 0.00000497. The maximum atomic E-state index is 11.0. The van der Waals surface area contributed by atoms with Crippen LogP contribution in [0.1, 0.15) is 107 Å². The third kappa shape index (κ3) is 7.46. The molecule has 0 aliphatic carbocycles. The van der Waals surface area contributed by atoms with Crippen molar-refractivity contribution in [1.82, 2.24) is 14.5 Å². The fourth-order valence-corrected chi connectivity index (χ4v) is 7.27. The van der Waals surface area contributed by atoms with Gasteiger partial charge in [-0.05, 0) is 100 Å². The number of fused-ring (bicyclic) bond motifs is 1. The van der Waals surface area contributed by atoms with Crippen LogP contribution in [0.2, 0.25) is 0 Å². The van der Waals surface area contributed by atoms with Gasteiger partial charge in [0, 0.05) is 43.4 Å². The smallest absolute Gasteiger partial charge is 0.124 e. The minimum Gasteiger partial charge on any atom is -0.507 e. The number of imidazole rings is 1. The van der Waals surface area contributed by atoms with Gasteiger partial charge in [-0.3, -0.25) is 4.98 Å². The van der Waals surface area contributed by atoms with Crippen LogP contribution in [-0.2, 0) is 21.1 Å². The Morgan fingerprint density at radius 3 is 1.76 bits per heavy atom. The Morgan fingerprint density at radius 2 is 1.19 bits per heavy atom. The van der Waals surface area contributed by atoms with Crippen LogP contribution < -0.4 is 0 Å². The molecular formula is C49H50N3OPt-. The van der Waals surface area contributed by atoms with Gasteiger partial charge in [-0.25, -0.2) is 4.98 Å². The molecule has 1 N–H and O–H groups in total. The average Bonchev–Trinajstić information content (AvgIpc) is 3.54. The number of hydrogen-bond donors (Lipinski definition) is 1. The number of para-hydroxylation sites is 2. The molecule has 2 aromatic heterocycles. The molecule has 0 unspecified atom stereocenters. The molecule has 54 heavy (non-hydrogen) atoms. The van der Waals surface area contributed by atoms with Crippen LogP contribution in [0.25, 0.3) is 61.8 Å². The summed E-state index contributed by atoms with van der Waals surface area (Å²) in [4.78, 5) is 11.0. The molecule has 5 aromatic carbocycles. The Bertz CT molecular complexity index is 2390. The van der Waals surface area contributed by atoms with E-state index in [4.69, 9.17) is 9.97 Å². The first-order valence-electron chi connectivity index (χ1n) is 19.0. The molecule has 0 spiro atoms. The SMILES string of the molecule is Cc1cc(-c2ccccc2O)nc(-c2cccc3c2nc(-c2[c-]cccc2)n3-c2cc(C(C)C)cc(C(C)C)c2)c1-c1cc(C(C)C)cc(C(C)C)c1.[Pt]. The predicted octanol–water partition coefficient (Wildman–Crippen LogP) is 13.4. The Labute approximate surface area is 335 Å². The summed E-state index contributed by atoms with van der Waals surface area (Å²) in [6.07, 6.45) is 0. The largest absolute Gasteiger partial charge is 0.507 e. The van der Waals surface area contributed by atoms with Crippen LogP contribution >= 0.6 is 0 Å². The fourth-order valence-electron chi connectivity index (χ4n) is 7.27. The molecule has 5 heteroatoms. The molecule has 7 aromatic rings. The summed E-state index contributed by atoms with van der Waals surface area (Å²) >= 11 is 0. The van der Waals surface area contributed by atoms with Gasteiger partial charge in [0.25, 0.3) is 0 Å². The van der Waals surface area contributed by atoms with E-state index in [-0.39, 0.29) is 26.8 Å². The molecule has 7 rings (SSSR count). The molecule has 0 atom stereocenters. The van der Waals surface area contributed by atoms with E-state index in [2.05, 4.69) is 140 Å². The first-order valence-corrected chi connectivity index (χ1v) is 19.0. The first kappa shape index (κ1) is 38.9. The van der Waals surface area contributed by atoms with E-state index in [0.717, 1.165) is 61.8 Å². The second-order valence-electron chi connectivity index (χ2n) is 15.7. The number of phenols is 1. The minimum atomic E-state index is 0. The first-order chi connectivity index (χ1) is 25.4. The van der Waals surface area contributed by atoms with Crippen LogP contribution in [0.15, 0.2) is 109 Å². The predicted molar refractivity (Wildman–Crippen MR) is 222 cm³/mol. The summed E-state index contributed by atoms with van der Waals surface area (Å²) < 4.78 is 2.30. The zero-order valence-electron chi connectivity index (χ0n) is 32.8. The summed E-state index contributed by atoms with van der Waals surface area (Å²) in [5.74, 6) is 2.51. The number of rotatable bonds is 9. The Kier molecular flexibility index (Phi) is 11.5. The van der Waals surface area contributed by atoms with Gasteiger partial charge in [-0.2, -0.15) is 0 Å². The monoisotopic (exact) mass is 891 g/mol. The molecular weight excluding hydrogens is 842 g/mol. The number of aryl methyl sites for hydroxylation is 1. The fraction of sp³-hybridized carbons (Fsp3) is 0.265. The molecule has 0 saturated carbocycles. The van der Waals surface area contributed by atoms with Gasteiger partial charge in [-0.15, -0.1) is 35.9 Å². The number of nitrogens with zero attached hydrogens (tertiary/aromatic N) is 3. The molecule has 4 nitrogen and oxygen atoms in total. The molecule has 0 saturated heterocycles. The normalized spacial score (nSPS) is 11.6. The van der Waals surface area contributed by atoms with E-state index in [0.29, 0.717) is 29.2 Å². The number of pyridine rings is 1. The number of aromatic hydroxyl groups is 1. The molecule has 2 heterocycles. The van der Waals surface area contributed by atoms with E-state index in [1.165, 1.54) is 22.3 Å². The van der Waals surface area contributed by atoms with Gasteiger partial charge in [0.2, 0.25) is 0 Å². The quantitative estimate of drug-likeness (QED) is 0.147. The van der Waals surface area contributed by atoms with Crippen LogP contribution in [0.4, 0.5) is 0 Å². The number of aromatic nitrogens is 3. The zero-order chi connectivity index (χ0) is 37.6. The van der Waals surface area contributed by atoms with Crippen molar-refractivity contribution in [3.63, 3.8) is 0 Å². The van der Waals surface area contributed by atoms with Crippen LogP contribution in [-0.4, -0.2) is 19.6 Å². The number of phenolic OH excluding ortho intramolecular Hbond substituents is 1. The van der Waals surface area contributed by atoms with Gasteiger partial charge in [-0.1, -0.05) is 104 Å². The number of hydrogen-bond acceptors (Lipinski definition) is 3. The van der Waals surface area contributed by atoms with Crippen molar-refractivity contribution >= 4 is 11.0 Å². The van der Waals surface area contributed by atoms with Crippen LogP contribution in [0.3, 0.4) is 0 Å². The van der Waals surface area contributed by atoms with Gasteiger partial charge in [0.1, 0.15) is 5.75 Å². The minimum absolute atomic E-state index is 0. The summed E-state index contributed by atoms with van der Waals surface area (Å²) in [5.41, 5.74) is 15.6. The molecule has 278 valence electrons. The average molecular weight is 892 g/mol. The molecule has 0 amide bonds. The Morgan fingerprint density at radius 1 is 0.611 bits per heavy atom. The van der Waals surface area contributed by atoms with Crippen molar-refractivity contribution in [3.8, 4) is 56.5 Å².